The average molecular weight is 593 g/mol. The quantitative estimate of drug-likeness (QED) is 0.244. The van der Waals surface area contributed by atoms with E-state index >= 15 is 0 Å². The van der Waals surface area contributed by atoms with Gasteiger partial charge in [-0.05, 0) is 98.4 Å². The highest BCUT2D eigenvalue weighted by molar-refractivity contribution is 9.10. The minimum absolute atomic E-state index is 0.161. The molecule has 38 heavy (non-hydrogen) atoms. The van der Waals surface area contributed by atoms with Crippen molar-refractivity contribution in [1.29, 1.82) is 0 Å². The van der Waals surface area contributed by atoms with Gasteiger partial charge in [-0.15, -0.1) is 0 Å². The third-order valence-electron chi connectivity index (χ3n) is 6.78. The summed E-state index contributed by atoms with van der Waals surface area (Å²) in [5.41, 5.74) is 5.83. The van der Waals surface area contributed by atoms with Crippen LogP contribution in [0.4, 0.5) is 10.1 Å². The van der Waals surface area contributed by atoms with Crippen molar-refractivity contribution in [3.8, 4) is 5.69 Å². The van der Waals surface area contributed by atoms with Gasteiger partial charge >= 0.3 is 0 Å². The van der Waals surface area contributed by atoms with Crippen LogP contribution in [0.5, 0.6) is 0 Å². The maximum atomic E-state index is 13.2. The third kappa shape index (κ3) is 5.35. The summed E-state index contributed by atoms with van der Waals surface area (Å²) in [7, 11) is 0. The summed E-state index contributed by atoms with van der Waals surface area (Å²) in [5.74, 6) is -0.514. The first-order valence-electron chi connectivity index (χ1n) is 12.3. The fourth-order valence-corrected chi connectivity index (χ4v) is 5.63. The SMILES string of the molecule is Cc1cc([C@@H]2[C@H](c3ccccn3)NC(=S)N2CCC(=O)Nc2ccc(F)cc2)c(C)n1-c1ccc(Br)cc1. The fraction of sp³-hybridized carbons (Fsp3) is 0.207. The van der Waals surface area contributed by atoms with Gasteiger partial charge in [0.15, 0.2) is 5.11 Å². The topological polar surface area (TPSA) is 62.2 Å². The van der Waals surface area contributed by atoms with E-state index < -0.39 is 0 Å². The van der Waals surface area contributed by atoms with E-state index in [1.165, 1.54) is 12.1 Å². The lowest BCUT2D eigenvalue weighted by atomic mass is 9.96. The number of benzene rings is 2. The highest BCUT2D eigenvalue weighted by Crippen LogP contribution is 2.41. The molecule has 4 aromatic rings. The molecule has 6 nitrogen and oxygen atoms in total. The molecule has 194 valence electrons. The summed E-state index contributed by atoms with van der Waals surface area (Å²) in [6.07, 6.45) is 2.00. The number of carbonyl (C=O) groups is 1. The van der Waals surface area contributed by atoms with Crippen molar-refractivity contribution in [1.82, 2.24) is 19.8 Å². The molecule has 0 saturated carbocycles. The summed E-state index contributed by atoms with van der Waals surface area (Å²) < 4.78 is 16.5. The van der Waals surface area contributed by atoms with Gasteiger partial charge in [0, 0.05) is 46.4 Å². The van der Waals surface area contributed by atoms with E-state index in [4.69, 9.17) is 12.2 Å². The lowest BCUT2D eigenvalue weighted by molar-refractivity contribution is -0.116. The Kier molecular flexibility index (Phi) is 7.58. The van der Waals surface area contributed by atoms with Gasteiger partial charge in [-0.25, -0.2) is 4.39 Å². The number of carbonyl (C=O) groups excluding carboxylic acids is 1. The number of rotatable bonds is 7. The van der Waals surface area contributed by atoms with Crippen LogP contribution in [-0.2, 0) is 4.79 Å². The van der Waals surface area contributed by atoms with Crippen molar-refractivity contribution in [3.05, 3.63) is 112 Å². The average Bonchev–Trinajstić information content (AvgIpc) is 3.39. The second-order valence-corrected chi connectivity index (χ2v) is 10.6. The number of nitrogens with one attached hydrogen (secondary N) is 2. The first-order chi connectivity index (χ1) is 18.3. The van der Waals surface area contributed by atoms with Crippen molar-refractivity contribution >= 4 is 44.9 Å². The number of aromatic nitrogens is 2. The maximum Gasteiger partial charge on any atom is 0.226 e. The first kappa shape index (κ1) is 26.1. The zero-order valence-corrected chi connectivity index (χ0v) is 23.4. The number of aryl methyl sites for hydroxylation is 1. The molecule has 0 aliphatic carbocycles. The standard InChI is InChI=1S/C29H27BrFN5OS/c1-18-17-24(19(2)36(18)23-12-6-20(30)7-13-23)28-27(25-5-3-4-15-32-25)34-29(38)35(28)16-14-26(37)33-22-10-8-21(31)9-11-22/h3-13,15,17,27-28H,14,16H2,1-2H3,(H,33,37)(H,34,38)/t27-,28+/m0/s1. The summed E-state index contributed by atoms with van der Waals surface area (Å²) in [6, 6.07) is 21.7. The number of thiocarbonyl (C=S) groups is 1. The Morgan fingerprint density at radius 2 is 1.84 bits per heavy atom. The molecule has 1 aliphatic heterocycles. The Morgan fingerprint density at radius 3 is 2.53 bits per heavy atom. The zero-order chi connectivity index (χ0) is 26.8. The summed E-state index contributed by atoms with van der Waals surface area (Å²) in [6.45, 7) is 4.62. The van der Waals surface area contributed by atoms with E-state index in [2.05, 4.69) is 73.1 Å². The Balaban J connectivity index is 1.46. The van der Waals surface area contributed by atoms with Crippen molar-refractivity contribution < 1.29 is 9.18 Å². The predicted molar refractivity (Wildman–Crippen MR) is 155 cm³/mol. The summed E-state index contributed by atoms with van der Waals surface area (Å²) in [4.78, 5) is 19.5. The van der Waals surface area contributed by atoms with Crippen molar-refractivity contribution in [2.45, 2.75) is 32.4 Å². The van der Waals surface area contributed by atoms with Crippen LogP contribution < -0.4 is 10.6 Å². The first-order valence-corrected chi connectivity index (χ1v) is 13.5. The van der Waals surface area contributed by atoms with Crippen molar-refractivity contribution in [2.24, 2.45) is 0 Å². The molecule has 1 fully saturated rings. The van der Waals surface area contributed by atoms with Crippen LogP contribution in [0.3, 0.4) is 0 Å². The molecule has 0 spiro atoms. The van der Waals surface area contributed by atoms with Gasteiger partial charge in [-0.3, -0.25) is 9.78 Å². The Morgan fingerprint density at radius 1 is 1.11 bits per heavy atom. The Hall–Kier alpha value is -3.56. The van der Waals surface area contributed by atoms with E-state index in [0.29, 0.717) is 17.3 Å². The van der Waals surface area contributed by atoms with Gasteiger partial charge in [-0.1, -0.05) is 22.0 Å². The minimum Gasteiger partial charge on any atom is -0.352 e. The zero-order valence-electron chi connectivity index (χ0n) is 21.0. The van der Waals surface area contributed by atoms with Crippen LogP contribution in [-0.4, -0.2) is 32.0 Å². The molecule has 2 aromatic heterocycles. The lowest BCUT2D eigenvalue weighted by Crippen LogP contribution is -2.32. The van der Waals surface area contributed by atoms with Crippen LogP contribution in [0, 0.1) is 19.7 Å². The van der Waals surface area contributed by atoms with Gasteiger partial charge in [0.1, 0.15) is 5.82 Å². The van der Waals surface area contributed by atoms with Crippen LogP contribution in [0.15, 0.2) is 83.5 Å². The van der Waals surface area contributed by atoms with E-state index in [1.54, 1.807) is 18.3 Å². The molecule has 1 amide bonds. The maximum absolute atomic E-state index is 13.2. The molecular weight excluding hydrogens is 565 g/mol. The second-order valence-electron chi connectivity index (χ2n) is 9.26. The predicted octanol–water partition coefficient (Wildman–Crippen LogP) is 6.39. The molecular formula is C29H27BrFN5OS. The molecule has 3 heterocycles. The van der Waals surface area contributed by atoms with E-state index in [0.717, 1.165) is 32.8 Å². The number of nitrogens with zero attached hydrogens (tertiary/aromatic N) is 3. The largest absolute Gasteiger partial charge is 0.352 e. The monoisotopic (exact) mass is 591 g/mol. The smallest absolute Gasteiger partial charge is 0.226 e. The molecule has 2 N–H and O–H groups in total. The molecule has 1 aliphatic rings. The van der Waals surface area contributed by atoms with E-state index in [9.17, 15) is 9.18 Å². The molecule has 9 heteroatoms. The number of halogens is 2. The Bertz CT molecular complexity index is 1460. The molecule has 5 rings (SSSR count). The third-order valence-corrected chi connectivity index (χ3v) is 7.66. The van der Waals surface area contributed by atoms with Gasteiger partial charge < -0.3 is 20.1 Å². The Labute approximate surface area is 235 Å². The highest BCUT2D eigenvalue weighted by atomic mass is 79.9. The van der Waals surface area contributed by atoms with Crippen molar-refractivity contribution in [3.63, 3.8) is 0 Å². The van der Waals surface area contributed by atoms with Gasteiger partial charge in [0.2, 0.25) is 5.91 Å². The molecule has 0 unspecified atom stereocenters. The number of amides is 1. The normalized spacial score (nSPS) is 16.9. The molecule has 0 radical (unpaired) electrons. The fourth-order valence-electron chi connectivity index (χ4n) is 5.04. The van der Waals surface area contributed by atoms with Gasteiger partial charge in [-0.2, -0.15) is 0 Å². The van der Waals surface area contributed by atoms with Crippen LogP contribution in [0.25, 0.3) is 5.69 Å². The van der Waals surface area contributed by atoms with E-state index in [-0.39, 0.29) is 30.2 Å². The highest BCUT2D eigenvalue weighted by Gasteiger charge is 2.41. The van der Waals surface area contributed by atoms with E-state index in [1.807, 2.05) is 30.3 Å². The van der Waals surface area contributed by atoms with Crippen LogP contribution >= 0.6 is 28.1 Å². The summed E-state index contributed by atoms with van der Waals surface area (Å²) >= 11 is 9.30. The molecule has 2 aromatic carbocycles. The number of hydrogen-bond donors (Lipinski definition) is 2. The summed E-state index contributed by atoms with van der Waals surface area (Å²) in [5, 5.41) is 6.88. The lowest BCUT2D eigenvalue weighted by Gasteiger charge is -2.28. The molecule has 0 bridgehead atoms. The molecule has 1 saturated heterocycles. The molecule has 2 atom stereocenters. The number of pyridine rings is 1. The van der Waals surface area contributed by atoms with Crippen LogP contribution in [0.1, 0.15) is 41.1 Å². The van der Waals surface area contributed by atoms with Crippen LogP contribution in [0.2, 0.25) is 0 Å². The van der Waals surface area contributed by atoms with Crippen molar-refractivity contribution in [2.75, 3.05) is 11.9 Å². The van der Waals surface area contributed by atoms with Gasteiger partial charge in [0.25, 0.3) is 0 Å². The minimum atomic E-state index is -0.347. The van der Waals surface area contributed by atoms with Gasteiger partial charge in [0.05, 0.1) is 17.8 Å². The number of anilines is 1. The number of hydrogen-bond acceptors (Lipinski definition) is 3. The second kappa shape index (κ2) is 11.0.